The van der Waals surface area contributed by atoms with Crippen LogP contribution in [0.3, 0.4) is 0 Å². The van der Waals surface area contributed by atoms with Crippen molar-refractivity contribution in [3.05, 3.63) is 64.1 Å². The van der Waals surface area contributed by atoms with Crippen LogP contribution >= 0.6 is 15.9 Å². The SMILES string of the molecule is CNCC(C)c1ccc(COc2ccc(Br)cc2)cc1. The molecule has 2 nitrogen and oxygen atoms in total. The smallest absolute Gasteiger partial charge is 0.119 e. The number of benzene rings is 2. The van der Waals surface area contributed by atoms with Gasteiger partial charge in [-0.1, -0.05) is 47.1 Å². The molecule has 0 fully saturated rings. The van der Waals surface area contributed by atoms with E-state index in [1.165, 1.54) is 11.1 Å². The van der Waals surface area contributed by atoms with Crippen LogP contribution in [-0.2, 0) is 6.61 Å². The zero-order chi connectivity index (χ0) is 14.4. The van der Waals surface area contributed by atoms with Crippen molar-refractivity contribution in [2.24, 2.45) is 0 Å². The van der Waals surface area contributed by atoms with Gasteiger partial charge in [-0.3, -0.25) is 0 Å². The first kappa shape index (κ1) is 15.1. The number of rotatable bonds is 6. The van der Waals surface area contributed by atoms with Crippen LogP contribution in [0.15, 0.2) is 53.0 Å². The van der Waals surface area contributed by atoms with Crippen molar-refractivity contribution in [1.29, 1.82) is 0 Å². The minimum absolute atomic E-state index is 0.529. The number of hydrogen-bond donors (Lipinski definition) is 1. The van der Waals surface area contributed by atoms with Gasteiger partial charge in [0.25, 0.3) is 0 Å². The van der Waals surface area contributed by atoms with Crippen LogP contribution in [-0.4, -0.2) is 13.6 Å². The maximum absolute atomic E-state index is 5.76. The number of halogens is 1. The van der Waals surface area contributed by atoms with Crippen LogP contribution in [0, 0.1) is 0 Å². The van der Waals surface area contributed by atoms with Gasteiger partial charge in [-0.05, 0) is 48.4 Å². The fourth-order valence-electron chi connectivity index (χ4n) is 2.06. The Morgan fingerprint density at radius 2 is 1.70 bits per heavy atom. The summed E-state index contributed by atoms with van der Waals surface area (Å²) in [5, 5.41) is 3.20. The Morgan fingerprint density at radius 1 is 1.05 bits per heavy atom. The van der Waals surface area contributed by atoms with Crippen molar-refractivity contribution >= 4 is 15.9 Å². The Bertz CT molecular complexity index is 522. The quantitative estimate of drug-likeness (QED) is 0.848. The van der Waals surface area contributed by atoms with Gasteiger partial charge in [-0.15, -0.1) is 0 Å². The molecule has 0 spiro atoms. The standard InChI is InChI=1S/C17H20BrNO/c1-13(11-19-2)15-5-3-14(4-6-15)12-20-17-9-7-16(18)8-10-17/h3-10,13,19H,11-12H2,1-2H3. The monoisotopic (exact) mass is 333 g/mol. The highest BCUT2D eigenvalue weighted by atomic mass is 79.9. The molecule has 0 aliphatic rings. The highest BCUT2D eigenvalue weighted by Gasteiger charge is 2.04. The van der Waals surface area contributed by atoms with Gasteiger partial charge < -0.3 is 10.1 Å². The predicted molar refractivity (Wildman–Crippen MR) is 87.3 cm³/mol. The molecule has 2 aromatic rings. The number of nitrogens with one attached hydrogen (secondary N) is 1. The van der Waals surface area contributed by atoms with Crippen LogP contribution in [0.5, 0.6) is 5.75 Å². The van der Waals surface area contributed by atoms with Gasteiger partial charge in [0.05, 0.1) is 0 Å². The molecule has 0 aliphatic heterocycles. The lowest BCUT2D eigenvalue weighted by Crippen LogP contribution is -2.14. The fraction of sp³-hybridized carbons (Fsp3) is 0.294. The topological polar surface area (TPSA) is 21.3 Å². The van der Waals surface area contributed by atoms with Gasteiger partial charge in [0.1, 0.15) is 12.4 Å². The summed E-state index contributed by atoms with van der Waals surface area (Å²) < 4.78 is 6.82. The summed E-state index contributed by atoms with van der Waals surface area (Å²) in [7, 11) is 1.98. The van der Waals surface area contributed by atoms with E-state index in [9.17, 15) is 0 Å². The summed E-state index contributed by atoms with van der Waals surface area (Å²) in [6.07, 6.45) is 0. The average molecular weight is 334 g/mol. The van der Waals surface area contributed by atoms with Crippen molar-refractivity contribution in [1.82, 2.24) is 5.32 Å². The Kier molecular flexibility index (Phi) is 5.62. The zero-order valence-corrected chi connectivity index (χ0v) is 13.5. The van der Waals surface area contributed by atoms with Gasteiger partial charge in [0.15, 0.2) is 0 Å². The maximum Gasteiger partial charge on any atom is 0.119 e. The predicted octanol–water partition coefficient (Wildman–Crippen LogP) is 4.35. The maximum atomic E-state index is 5.76. The molecule has 106 valence electrons. The van der Waals surface area contributed by atoms with E-state index < -0.39 is 0 Å². The lowest BCUT2D eigenvalue weighted by Gasteiger charge is -2.12. The van der Waals surface area contributed by atoms with Crippen LogP contribution in [0.25, 0.3) is 0 Å². The zero-order valence-electron chi connectivity index (χ0n) is 11.9. The van der Waals surface area contributed by atoms with Gasteiger partial charge in [-0.2, -0.15) is 0 Å². The Hall–Kier alpha value is -1.32. The van der Waals surface area contributed by atoms with E-state index in [4.69, 9.17) is 4.74 Å². The highest BCUT2D eigenvalue weighted by molar-refractivity contribution is 9.10. The Labute approximate surface area is 129 Å². The number of hydrogen-bond acceptors (Lipinski definition) is 2. The lowest BCUT2D eigenvalue weighted by atomic mass is 10.00. The van der Waals surface area contributed by atoms with Crippen LogP contribution in [0.2, 0.25) is 0 Å². The minimum atomic E-state index is 0.529. The molecule has 1 N–H and O–H groups in total. The van der Waals surface area contributed by atoms with Crippen molar-refractivity contribution < 1.29 is 4.74 Å². The molecule has 0 amide bonds. The van der Waals surface area contributed by atoms with Gasteiger partial charge in [0.2, 0.25) is 0 Å². The molecule has 2 rings (SSSR count). The van der Waals surface area contributed by atoms with Crippen LogP contribution in [0.1, 0.15) is 24.0 Å². The number of ether oxygens (including phenoxy) is 1. The Morgan fingerprint density at radius 3 is 2.30 bits per heavy atom. The van der Waals surface area contributed by atoms with E-state index in [-0.39, 0.29) is 0 Å². The third kappa shape index (κ3) is 4.36. The minimum Gasteiger partial charge on any atom is -0.489 e. The second-order valence-electron chi connectivity index (χ2n) is 4.94. The average Bonchev–Trinajstić information content (AvgIpc) is 2.47. The van der Waals surface area contributed by atoms with E-state index >= 15 is 0 Å². The first-order valence-electron chi connectivity index (χ1n) is 6.81. The van der Waals surface area contributed by atoms with E-state index in [0.29, 0.717) is 12.5 Å². The molecule has 3 heteroatoms. The molecular weight excluding hydrogens is 314 g/mol. The van der Waals surface area contributed by atoms with Crippen molar-refractivity contribution in [2.45, 2.75) is 19.4 Å². The molecular formula is C17H20BrNO. The molecule has 0 aliphatic carbocycles. The highest BCUT2D eigenvalue weighted by Crippen LogP contribution is 2.19. The van der Waals surface area contributed by atoms with Gasteiger partial charge >= 0.3 is 0 Å². The van der Waals surface area contributed by atoms with E-state index in [2.05, 4.69) is 52.4 Å². The summed E-state index contributed by atoms with van der Waals surface area (Å²) >= 11 is 3.41. The van der Waals surface area contributed by atoms with Gasteiger partial charge in [0, 0.05) is 11.0 Å². The van der Waals surface area contributed by atoms with E-state index in [0.717, 1.165) is 16.8 Å². The first-order chi connectivity index (χ1) is 9.69. The fourth-order valence-corrected chi connectivity index (χ4v) is 2.33. The second kappa shape index (κ2) is 7.46. The van der Waals surface area contributed by atoms with Crippen molar-refractivity contribution in [3.63, 3.8) is 0 Å². The Balaban J connectivity index is 1.92. The van der Waals surface area contributed by atoms with Gasteiger partial charge in [-0.25, -0.2) is 0 Å². The first-order valence-corrected chi connectivity index (χ1v) is 7.60. The van der Waals surface area contributed by atoms with Crippen LogP contribution in [0.4, 0.5) is 0 Å². The normalized spacial score (nSPS) is 12.2. The largest absolute Gasteiger partial charge is 0.489 e. The molecule has 20 heavy (non-hydrogen) atoms. The summed E-state index contributed by atoms with van der Waals surface area (Å²) in [6.45, 7) is 3.82. The van der Waals surface area contributed by atoms with Crippen molar-refractivity contribution in [3.8, 4) is 5.75 Å². The van der Waals surface area contributed by atoms with E-state index in [1.807, 2.05) is 31.3 Å². The third-order valence-electron chi connectivity index (χ3n) is 3.28. The molecule has 0 heterocycles. The van der Waals surface area contributed by atoms with E-state index in [1.54, 1.807) is 0 Å². The third-order valence-corrected chi connectivity index (χ3v) is 3.81. The molecule has 2 aromatic carbocycles. The van der Waals surface area contributed by atoms with Crippen LogP contribution < -0.4 is 10.1 Å². The lowest BCUT2D eigenvalue weighted by molar-refractivity contribution is 0.306. The molecule has 0 bridgehead atoms. The number of likely N-dealkylation sites (N-methyl/N-ethyl adjacent to an activating group) is 1. The summed E-state index contributed by atoms with van der Waals surface area (Å²) in [5.41, 5.74) is 2.54. The summed E-state index contributed by atoms with van der Waals surface area (Å²) in [4.78, 5) is 0. The summed E-state index contributed by atoms with van der Waals surface area (Å²) in [5.74, 6) is 1.42. The molecule has 0 aromatic heterocycles. The summed E-state index contributed by atoms with van der Waals surface area (Å²) in [6, 6.07) is 16.5. The molecule has 1 unspecified atom stereocenters. The molecule has 1 atom stereocenters. The molecule has 0 saturated heterocycles. The molecule has 0 saturated carbocycles. The second-order valence-corrected chi connectivity index (χ2v) is 5.86. The van der Waals surface area contributed by atoms with Crippen molar-refractivity contribution in [2.75, 3.05) is 13.6 Å². The molecule has 0 radical (unpaired) electrons.